The first-order valence-electron chi connectivity index (χ1n) is 7.32. The fraction of sp³-hybridized carbons (Fsp3) is 0.412. The molecule has 0 saturated heterocycles. The lowest BCUT2D eigenvalue weighted by atomic mass is 10.0. The van der Waals surface area contributed by atoms with Crippen molar-refractivity contribution in [1.29, 1.82) is 0 Å². The van der Waals surface area contributed by atoms with E-state index in [0.29, 0.717) is 5.22 Å². The van der Waals surface area contributed by atoms with Gasteiger partial charge in [-0.3, -0.25) is 0 Å². The number of benzene rings is 1. The molecule has 1 aromatic heterocycles. The molecule has 3 heteroatoms. The Balaban J connectivity index is 1.87. The van der Waals surface area contributed by atoms with Crippen LogP contribution in [0.25, 0.3) is 0 Å². The topological polar surface area (TPSA) is 25.2 Å². The molecule has 0 aliphatic rings. The maximum Gasteiger partial charge on any atom is 0.193 e. The van der Waals surface area contributed by atoms with Gasteiger partial charge in [-0.1, -0.05) is 37.3 Å². The molecule has 0 radical (unpaired) electrons. The molecular weight excluding hydrogens is 270 g/mol. The SMILES string of the molecule is CCCNC(CCCc1ccccc1)c1ccc(Cl)o1. The van der Waals surface area contributed by atoms with Crippen molar-refractivity contribution in [2.45, 2.75) is 38.6 Å². The molecule has 0 bridgehead atoms. The van der Waals surface area contributed by atoms with Crippen molar-refractivity contribution in [3.63, 3.8) is 0 Å². The maximum atomic E-state index is 5.87. The number of furan rings is 1. The Bertz CT molecular complexity index is 495. The molecular formula is C17H22ClNO. The number of nitrogens with one attached hydrogen (secondary N) is 1. The van der Waals surface area contributed by atoms with E-state index in [1.807, 2.05) is 12.1 Å². The molecule has 0 aliphatic heterocycles. The van der Waals surface area contributed by atoms with Gasteiger partial charge < -0.3 is 9.73 Å². The third kappa shape index (κ3) is 4.69. The highest BCUT2D eigenvalue weighted by atomic mass is 35.5. The van der Waals surface area contributed by atoms with Gasteiger partial charge in [0.25, 0.3) is 0 Å². The molecule has 0 fully saturated rings. The van der Waals surface area contributed by atoms with Crippen LogP contribution in [0.15, 0.2) is 46.9 Å². The van der Waals surface area contributed by atoms with Gasteiger partial charge in [0.1, 0.15) is 5.76 Å². The van der Waals surface area contributed by atoms with Crippen LogP contribution in [0.3, 0.4) is 0 Å². The number of hydrogen-bond acceptors (Lipinski definition) is 2. The van der Waals surface area contributed by atoms with Crippen molar-refractivity contribution in [3.05, 3.63) is 59.0 Å². The zero-order chi connectivity index (χ0) is 14.2. The first-order valence-corrected chi connectivity index (χ1v) is 7.70. The molecule has 1 aromatic carbocycles. The van der Waals surface area contributed by atoms with E-state index in [9.17, 15) is 0 Å². The monoisotopic (exact) mass is 291 g/mol. The van der Waals surface area contributed by atoms with Crippen LogP contribution in [-0.2, 0) is 6.42 Å². The molecule has 20 heavy (non-hydrogen) atoms. The zero-order valence-corrected chi connectivity index (χ0v) is 12.7. The zero-order valence-electron chi connectivity index (χ0n) is 11.9. The molecule has 1 atom stereocenters. The summed E-state index contributed by atoms with van der Waals surface area (Å²) in [7, 11) is 0. The summed E-state index contributed by atoms with van der Waals surface area (Å²) in [5, 5.41) is 4.00. The number of aryl methyl sites for hydroxylation is 1. The molecule has 1 heterocycles. The molecule has 0 spiro atoms. The van der Waals surface area contributed by atoms with Crippen molar-refractivity contribution < 1.29 is 4.42 Å². The van der Waals surface area contributed by atoms with Crippen LogP contribution in [0, 0.1) is 0 Å². The summed E-state index contributed by atoms with van der Waals surface area (Å²) in [5.41, 5.74) is 1.39. The Hall–Kier alpha value is -1.25. The fourth-order valence-electron chi connectivity index (χ4n) is 2.33. The molecule has 1 unspecified atom stereocenters. The maximum absolute atomic E-state index is 5.87. The Morgan fingerprint density at radius 3 is 2.60 bits per heavy atom. The highest BCUT2D eigenvalue weighted by Crippen LogP contribution is 2.24. The van der Waals surface area contributed by atoms with Gasteiger partial charge in [0, 0.05) is 0 Å². The van der Waals surface area contributed by atoms with Crippen LogP contribution in [0.1, 0.15) is 43.6 Å². The molecule has 0 saturated carbocycles. The highest BCUT2D eigenvalue weighted by Gasteiger charge is 2.14. The van der Waals surface area contributed by atoms with Gasteiger partial charge in [-0.05, 0) is 61.5 Å². The summed E-state index contributed by atoms with van der Waals surface area (Å²) in [6, 6.07) is 14.6. The minimum absolute atomic E-state index is 0.256. The van der Waals surface area contributed by atoms with Gasteiger partial charge in [-0.2, -0.15) is 0 Å². The van der Waals surface area contributed by atoms with E-state index >= 15 is 0 Å². The Labute approximate surface area is 126 Å². The van der Waals surface area contributed by atoms with Crippen LogP contribution in [-0.4, -0.2) is 6.54 Å². The predicted octanol–water partition coefficient (Wildman–Crippen LogP) is 5.00. The lowest BCUT2D eigenvalue weighted by Crippen LogP contribution is -2.21. The minimum atomic E-state index is 0.256. The van der Waals surface area contributed by atoms with Crippen LogP contribution in [0.5, 0.6) is 0 Å². The quantitative estimate of drug-likeness (QED) is 0.740. The third-order valence-corrected chi connectivity index (χ3v) is 3.58. The van der Waals surface area contributed by atoms with Crippen LogP contribution in [0.2, 0.25) is 5.22 Å². The van der Waals surface area contributed by atoms with E-state index in [1.165, 1.54) is 5.56 Å². The lowest BCUT2D eigenvalue weighted by molar-refractivity contribution is 0.390. The number of hydrogen-bond donors (Lipinski definition) is 1. The molecule has 2 nitrogen and oxygen atoms in total. The van der Waals surface area contributed by atoms with Crippen molar-refractivity contribution in [2.24, 2.45) is 0 Å². The van der Waals surface area contributed by atoms with E-state index in [4.69, 9.17) is 16.0 Å². The van der Waals surface area contributed by atoms with Gasteiger partial charge in [0.2, 0.25) is 0 Å². The average Bonchev–Trinajstić information content (AvgIpc) is 2.90. The number of halogens is 1. The molecule has 2 rings (SSSR count). The first kappa shape index (κ1) is 15.1. The molecule has 108 valence electrons. The van der Waals surface area contributed by atoms with Gasteiger partial charge in [0.15, 0.2) is 5.22 Å². The molecule has 2 aromatic rings. The lowest BCUT2D eigenvalue weighted by Gasteiger charge is -2.16. The largest absolute Gasteiger partial charge is 0.448 e. The van der Waals surface area contributed by atoms with Crippen molar-refractivity contribution in [1.82, 2.24) is 5.32 Å². The van der Waals surface area contributed by atoms with E-state index in [-0.39, 0.29) is 6.04 Å². The van der Waals surface area contributed by atoms with Crippen LogP contribution >= 0.6 is 11.6 Å². The molecule has 0 amide bonds. The normalized spacial score (nSPS) is 12.5. The molecule has 0 aliphatic carbocycles. The van der Waals surface area contributed by atoms with E-state index < -0.39 is 0 Å². The van der Waals surface area contributed by atoms with Gasteiger partial charge in [0.05, 0.1) is 6.04 Å². The second-order valence-corrected chi connectivity index (χ2v) is 5.40. The van der Waals surface area contributed by atoms with Crippen molar-refractivity contribution in [3.8, 4) is 0 Å². The van der Waals surface area contributed by atoms with Gasteiger partial charge in [-0.15, -0.1) is 0 Å². The van der Waals surface area contributed by atoms with Gasteiger partial charge >= 0.3 is 0 Å². The summed E-state index contributed by atoms with van der Waals surface area (Å²) < 4.78 is 5.55. The Morgan fingerprint density at radius 2 is 1.95 bits per heavy atom. The Morgan fingerprint density at radius 1 is 1.15 bits per heavy atom. The summed E-state index contributed by atoms with van der Waals surface area (Å²) >= 11 is 5.87. The highest BCUT2D eigenvalue weighted by molar-refractivity contribution is 6.28. The van der Waals surface area contributed by atoms with E-state index in [2.05, 4.69) is 42.6 Å². The summed E-state index contributed by atoms with van der Waals surface area (Å²) in [6.07, 6.45) is 4.39. The van der Waals surface area contributed by atoms with Crippen LogP contribution < -0.4 is 5.32 Å². The minimum Gasteiger partial charge on any atom is -0.448 e. The first-order chi connectivity index (χ1) is 9.79. The van der Waals surface area contributed by atoms with E-state index in [0.717, 1.165) is 38.0 Å². The summed E-state index contributed by atoms with van der Waals surface area (Å²) in [6.45, 7) is 3.16. The predicted molar refractivity (Wildman–Crippen MR) is 84.1 cm³/mol. The summed E-state index contributed by atoms with van der Waals surface area (Å²) in [4.78, 5) is 0. The fourth-order valence-corrected chi connectivity index (χ4v) is 2.49. The van der Waals surface area contributed by atoms with Crippen molar-refractivity contribution in [2.75, 3.05) is 6.54 Å². The third-order valence-electron chi connectivity index (χ3n) is 3.38. The number of rotatable bonds is 8. The summed E-state index contributed by atoms with van der Waals surface area (Å²) in [5.74, 6) is 0.941. The van der Waals surface area contributed by atoms with Crippen LogP contribution in [0.4, 0.5) is 0 Å². The van der Waals surface area contributed by atoms with Crippen molar-refractivity contribution >= 4 is 11.6 Å². The second-order valence-electron chi connectivity index (χ2n) is 5.03. The van der Waals surface area contributed by atoms with E-state index in [1.54, 1.807) is 0 Å². The van der Waals surface area contributed by atoms with Gasteiger partial charge in [-0.25, -0.2) is 0 Å². The average molecular weight is 292 g/mol. The standard InChI is InChI=1S/C17H22ClNO/c1-2-13-19-15(16-11-12-17(18)20-16)10-6-9-14-7-4-3-5-8-14/h3-5,7-8,11-12,15,19H,2,6,9-10,13H2,1H3. The smallest absolute Gasteiger partial charge is 0.193 e. The molecule has 1 N–H and O–H groups in total. The Kier molecular flexibility index (Phi) is 6.16. The second kappa shape index (κ2) is 8.13.